The number of carbonyl (C=O) groups excluding carboxylic acids is 1. The molecule has 2 aromatic rings. The van der Waals surface area contributed by atoms with Crippen LogP contribution >= 0.6 is 0 Å². The fraction of sp³-hybridized carbons (Fsp3) is 0.652. The van der Waals surface area contributed by atoms with Crippen LogP contribution in [0.3, 0.4) is 0 Å². The predicted molar refractivity (Wildman–Crippen MR) is 130 cm³/mol. The minimum absolute atomic E-state index is 0.000186. The number of aliphatic hydroxyl groups excluding tert-OH is 1. The quantitative estimate of drug-likeness (QED) is 0.482. The molecule has 0 aliphatic carbocycles. The second-order valence-electron chi connectivity index (χ2n) is 9.82. The molecule has 11 heteroatoms. The van der Waals surface area contributed by atoms with Crippen molar-refractivity contribution in [2.24, 2.45) is 0 Å². The minimum atomic E-state index is -3.11. The molecule has 188 valence electrons. The molecule has 2 saturated heterocycles. The maximum atomic E-state index is 12.7. The Hall–Kier alpha value is -2.21. The van der Waals surface area contributed by atoms with Crippen LogP contribution in [0.5, 0.6) is 5.88 Å². The largest absolute Gasteiger partial charge is 0.414 e. The van der Waals surface area contributed by atoms with Gasteiger partial charge in [0.25, 0.3) is 5.88 Å². The molecular weight excluding hydrogens is 458 g/mol. The van der Waals surface area contributed by atoms with E-state index in [1.54, 1.807) is 0 Å². The number of hydrogen-bond donors (Lipinski definition) is 3. The van der Waals surface area contributed by atoms with Crippen LogP contribution in [0.15, 0.2) is 24.3 Å². The standard InChI is InChI=1S/C23H35N5O5S/c1-15(2)28-21-7-5-4-6-20(21)22(26-28)33-23(30)25-16-10-17-8-9-18(11-16)27(17)13-19(29)12-24-14-34(3,31)32/h4-7,15-19,24,29H,8-14H2,1-3H3,(H,25,30)/t16?,17-,18+,19?. The highest BCUT2D eigenvalue weighted by Crippen LogP contribution is 2.36. The van der Waals surface area contributed by atoms with Crippen molar-refractivity contribution in [3.8, 4) is 5.88 Å². The zero-order chi connectivity index (χ0) is 24.5. The van der Waals surface area contributed by atoms with E-state index in [-0.39, 0.29) is 36.6 Å². The second-order valence-corrected chi connectivity index (χ2v) is 12.0. The van der Waals surface area contributed by atoms with Crippen LogP contribution in [0.2, 0.25) is 0 Å². The van der Waals surface area contributed by atoms with Crippen LogP contribution in [-0.2, 0) is 9.84 Å². The number of fused-ring (bicyclic) bond motifs is 3. The number of aromatic nitrogens is 2. The van der Waals surface area contributed by atoms with Gasteiger partial charge in [0.1, 0.15) is 0 Å². The van der Waals surface area contributed by atoms with Crippen molar-refractivity contribution >= 4 is 26.8 Å². The molecule has 10 nitrogen and oxygen atoms in total. The first-order valence-electron chi connectivity index (χ1n) is 11.9. The van der Waals surface area contributed by atoms with Gasteiger partial charge in [-0.25, -0.2) is 13.2 Å². The van der Waals surface area contributed by atoms with Gasteiger partial charge in [0.15, 0.2) is 9.84 Å². The van der Waals surface area contributed by atoms with Gasteiger partial charge in [-0.15, -0.1) is 5.10 Å². The van der Waals surface area contributed by atoms with Gasteiger partial charge in [-0.2, -0.15) is 0 Å². The lowest BCUT2D eigenvalue weighted by atomic mass is 9.97. The van der Waals surface area contributed by atoms with Crippen molar-refractivity contribution in [3.05, 3.63) is 24.3 Å². The van der Waals surface area contributed by atoms with Crippen LogP contribution in [0.4, 0.5) is 4.79 Å². The molecule has 2 bridgehead atoms. The first kappa shape index (κ1) is 24.9. The van der Waals surface area contributed by atoms with E-state index in [4.69, 9.17) is 4.74 Å². The number of nitrogens with one attached hydrogen (secondary N) is 2. The number of ether oxygens (including phenoxy) is 1. The molecule has 0 saturated carbocycles. The fourth-order valence-corrected chi connectivity index (χ4v) is 5.71. The summed E-state index contributed by atoms with van der Waals surface area (Å²) in [6, 6.07) is 8.39. The molecule has 3 heterocycles. The average Bonchev–Trinajstić information content (AvgIpc) is 3.21. The summed E-state index contributed by atoms with van der Waals surface area (Å²) in [4.78, 5) is 15.0. The summed E-state index contributed by atoms with van der Waals surface area (Å²) in [7, 11) is -3.11. The van der Waals surface area contributed by atoms with E-state index in [0.29, 0.717) is 12.4 Å². The Labute approximate surface area is 200 Å². The Morgan fingerprint density at radius 3 is 2.56 bits per heavy atom. The van der Waals surface area contributed by atoms with Gasteiger partial charge in [0.05, 0.1) is 22.9 Å². The maximum absolute atomic E-state index is 12.7. The number of aliphatic hydroxyl groups is 1. The van der Waals surface area contributed by atoms with Crippen molar-refractivity contribution < 1.29 is 23.1 Å². The van der Waals surface area contributed by atoms with E-state index in [1.807, 2.05) is 42.8 Å². The molecular formula is C23H35N5O5S. The summed E-state index contributed by atoms with van der Waals surface area (Å²) in [5.41, 5.74) is 0.927. The molecule has 2 unspecified atom stereocenters. The molecule has 0 spiro atoms. The van der Waals surface area contributed by atoms with Gasteiger partial charge < -0.3 is 20.5 Å². The van der Waals surface area contributed by atoms with Crippen molar-refractivity contribution in [1.29, 1.82) is 0 Å². The van der Waals surface area contributed by atoms with Gasteiger partial charge in [0, 0.05) is 43.5 Å². The number of hydrogen-bond acceptors (Lipinski definition) is 8. The highest BCUT2D eigenvalue weighted by Gasteiger charge is 2.41. The number of carbonyl (C=O) groups is 1. The first-order valence-corrected chi connectivity index (χ1v) is 13.9. The SMILES string of the molecule is CC(C)n1nc(OC(=O)NC2C[C@H]3CC[C@@H](C2)N3CC(O)CNCS(C)(=O)=O)c2ccccc21. The van der Waals surface area contributed by atoms with E-state index in [9.17, 15) is 18.3 Å². The van der Waals surface area contributed by atoms with Gasteiger partial charge in [-0.1, -0.05) is 12.1 Å². The number of piperidine rings is 1. The summed E-state index contributed by atoms with van der Waals surface area (Å²) in [6.45, 7) is 4.78. The number of benzene rings is 1. The van der Waals surface area contributed by atoms with E-state index < -0.39 is 22.0 Å². The lowest BCUT2D eigenvalue weighted by Crippen LogP contribution is -2.53. The Kier molecular flexibility index (Phi) is 7.46. The Morgan fingerprint density at radius 1 is 1.24 bits per heavy atom. The molecule has 3 N–H and O–H groups in total. The summed E-state index contributed by atoms with van der Waals surface area (Å²) in [5, 5.41) is 21.5. The molecule has 4 rings (SSSR count). The third-order valence-electron chi connectivity index (χ3n) is 6.63. The number of amides is 1. The van der Waals surface area contributed by atoms with Crippen molar-refractivity contribution in [1.82, 2.24) is 25.3 Å². The van der Waals surface area contributed by atoms with Crippen molar-refractivity contribution in [2.45, 2.75) is 69.8 Å². The highest BCUT2D eigenvalue weighted by molar-refractivity contribution is 7.90. The molecule has 2 aliphatic rings. The molecule has 0 radical (unpaired) electrons. The van der Waals surface area contributed by atoms with E-state index in [1.165, 1.54) is 0 Å². The van der Waals surface area contributed by atoms with Gasteiger partial charge in [0.2, 0.25) is 0 Å². The van der Waals surface area contributed by atoms with E-state index in [0.717, 1.165) is 42.8 Å². The summed E-state index contributed by atoms with van der Waals surface area (Å²) >= 11 is 0. The molecule has 34 heavy (non-hydrogen) atoms. The van der Waals surface area contributed by atoms with Crippen LogP contribution < -0.4 is 15.4 Å². The zero-order valence-electron chi connectivity index (χ0n) is 20.0. The van der Waals surface area contributed by atoms with Gasteiger partial charge >= 0.3 is 6.09 Å². The van der Waals surface area contributed by atoms with Gasteiger partial charge in [-0.05, 0) is 51.7 Å². The summed E-state index contributed by atoms with van der Waals surface area (Å²) in [6.07, 6.45) is 3.63. The third kappa shape index (κ3) is 5.88. The highest BCUT2D eigenvalue weighted by atomic mass is 32.2. The van der Waals surface area contributed by atoms with Crippen LogP contribution in [0.1, 0.15) is 45.6 Å². The average molecular weight is 494 g/mol. The molecule has 1 amide bonds. The molecule has 1 aromatic carbocycles. The van der Waals surface area contributed by atoms with Crippen molar-refractivity contribution in [2.75, 3.05) is 25.2 Å². The monoisotopic (exact) mass is 493 g/mol. The minimum Gasteiger partial charge on any atom is -0.390 e. The van der Waals surface area contributed by atoms with Crippen LogP contribution in [0, 0.1) is 0 Å². The lowest BCUT2D eigenvalue weighted by Gasteiger charge is -2.39. The first-order chi connectivity index (χ1) is 16.1. The van der Waals surface area contributed by atoms with Crippen LogP contribution in [-0.4, -0.2) is 83.7 Å². The fourth-order valence-electron chi connectivity index (χ4n) is 5.22. The normalized spacial score (nSPS) is 24.0. The molecule has 2 fully saturated rings. The Morgan fingerprint density at radius 2 is 1.91 bits per heavy atom. The number of nitrogens with zero attached hydrogens (tertiary/aromatic N) is 3. The topological polar surface area (TPSA) is 126 Å². The van der Waals surface area contributed by atoms with E-state index in [2.05, 4.69) is 20.6 Å². The zero-order valence-corrected chi connectivity index (χ0v) is 20.8. The smallest absolute Gasteiger partial charge is 0.390 e. The maximum Gasteiger partial charge on any atom is 0.414 e. The lowest BCUT2D eigenvalue weighted by molar-refractivity contribution is 0.0530. The molecule has 1 aromatic heterocycles. The number of para-hydroxylation sites is 1. The van der Waals surface area contributed by atoms with E-state index >= 15 is 0 Å². The second kappa shape index (κ2) is 10.2. The number of sulfone groups is 1. The summed E-state index contributed by atoms with van der Waals surface area (Å²) in [5.74, 6) is 0.169. The third-order valence-corrected chi connectivity index (χ3v) is 7.36. The Bertz CT molecular complexity index is 1100. The molecule has 2 aliphatic heterocycles. The van der Waals surface area contributed by atoms with Crippen LogP contribution in [0.25, 0.3) is 10.9 Å². The summed E-state index contributed by atoms with van der Waals surface area (Å²) < 4.78 is 30.0. The molecule has 4 atom stereocenters. The van der Waals surface area contributed by atoms with Crippen molar-refractivity contribution in [3.63, 3.8) is 0 Å². The Balaban J connectivity index is 1.31. The number of rotatable bonds is 9. The van der Waals surface area contributed by atoms with Gasteiger partial charge in [-0.3, -0.25) is 9.58 Å². The predicted octanol–water partition coefficient (Wildman–Crippen LogP) is 1.65.